The first-order valence-corrected chi connectivity index (χ1v) is 25.3. The Hall–Kier alpha value is -5.11. The molecule has 3 fully saturated rings. The number of piperazine rings is 1. The molecular weight excluding hydrogens is 913 g/mol. The van der Waals surface area contributed by atoms with Crippen LogP contribution in [-0.2, 0) is 19.0 Å². The molecule has 1 spiro atoms. The Morgan fingerprint density at radius 3 is 2.17 bits per heavy atom. The van der Waals surface area contributed by atoms with Crippen molar-refractivity contribution < 1.29 is 58.9 Å². The number of ether oxygens (including phenoxy) is 4. The van der Waals surface area contributed by atoms with Crippen molar-refractivity contribution in [2.75, 3.05) is 64.8 Å². The number of benzene rings is 2. The van der Waals surface area contributed by atoms with Crippen LogP contribution in [0.25, 0.3) is 10.8 Å². The molecular formula is C53H74N6O12. The number of aliphatic hydroxyl groups is 3. The molecule has 6 N–H and O–H groups in total. The number of ketones is 1. The summed E-state index contributed by atoms with van der Waals surface area (Å²) in [7, 11) is 1.48. The maximum Gasteiger partial charge on any atom is 0.410 e. The summed E-state index contributed by atoms with van der Waals surface area (Å²) in [6.45, 7) is 20.3. The van der Waals surface area contributed by atoms with Crippen molar-refractivity contribution >= 4 is 34.2 Å². The van der Waals surface area contributed by atoms with Crippen molar-refractivity contribution in [2.45, 2.75) is 129 Å². The van der Waals surface area contributed by atoms with Gasteiger partial charge in [-0.15, -0.1) is 0 Å². The summed E-state index contributed by atoms with van der Waals surface area (Å²) in [5.74, 6) is -6.17. The molecule has 5 bridgehead atoms. The molecule has 6 aliphatic heterocycles. The first-order chi connectivity index (χ1) is 33.6. The molecule has 0 aromatic heterocycles. The van der Waals surface area contributed by atoms with E-state index < -0.39 is 83.1 Å². The van der Waals surface area contributed by atoms with Crippen LogP contribution >= 0.6 is 0 Å². The zero-order valence-corrected chi connectivity index (χ0v) is 42.9. The molecule has 0 unspecified atom stereocenters. The number of allylic oxidation sites excluding steroid dienone is 2. The minimum Gasteiger partial charge on any atom is -0.507 e. The highest BCUT2D eigenvalue weighted by molar-refractivity contribution is 6.19. The van der Waals surface area contributed by atoms with Gasteiger partial charge in [-0.1, -0.05) is 59.8 Å². The molecule has 1 saturated carbocycles. The predicted octanol–water partition coefficient (Wildman–Crippen LogP) is 4.47. The summed E-state index contributed by atoms with van der Waals surface area (Å²) in [6.07, 6.45) is 6.10. The topological polar surface area (TPSA) is 236 Å². The number of carbonyl (C=O) groups is 3. The van der Waals surface area contributed by atoms with Crippen LogP contribution in [0.2, 0.25) is 0 Å². The number of amides is 2. The Bertz CT molecular complexity index is 2630. The molecule has 71 heavy (non-hydrogen) atoms. The van der Waals surface area contributed by atoms with E-state index in [0.29, 0.717) is 58.0 Å². The first kappa shape index (κ1) is 52.2. The molecule has 18 heteroatoms. The van der Waals surface area contributed by atoms with Crippen LogP contribution in [0.1, 0.15) is 97.0 Å². The molecule has 2 amide bonds. The van der Waals surface area contributed by atoms with Gasteiger partial charge >= 0.3 is 11.9 Å². The molecule has 6 heterocycles. The number of methoxy groups -OCH3 is 1. The summed E-state index contributed by atoms with van der Waals surface area (Å²) < 4.78 is 24.9. The molecule has 2 aromatic carbocycles. The van der Waals surface area contributed by atoms with Gasteiger partial charge in [-0.25, -0.2) is 4.79 Å². The Kier molecular flexibility index (Phi) is 14.8. The van der Waals surface area contributed by atoms with Crippen molar-refractivity contribution in [3.8, 4) is 17.2 Å². The number of phenols is 2. The lowest BCUT2D eigenvalue weighted by molar-refractivity contribution is -0.112. The van der Waals surface area contributed by atoms with Crippen molar-refractivity contribution in [1.29, 1.82) is 0 Å². The third-order valence-electron chi connectivity index (χ3n) is 16.2. The maximum absolute atomic E-state index is 14.9. The van der Waals surface area contributed by atoms with Gasteiger partial charge in [-0.05, 0) is 38.7 Å². The van der Waals surface area contributed by atoms with Crippen molar-refractivity contribution in [3.05, 3.63) is 58.0 Å². The number of aliphatic hydroxyl groups excluding tert-OH is 3. The second kappa shape index (κ2) is 20.1. The first-order valence-electron chi connectivity index (χ1n) is 25.3. The van der Waals surface area contributed by atoms with Crippen LogP contribution in [0, 0.1) is 36.5 Å². The molecule has 2 aromatic rings. The van der Waals surface area contributed by atoms with Gasteiger partial charge in [0.05, 0.1) is 47.5 Å². The fourth-order valence-electron chi connectivity index (χ4n) is 11.3. The number of nitrogens with zero attached hydrogens (tertiary/aromatic N) is 5. The number of piperidine rings is 1. The van der Waals surface area contributed by atoms with Crippen molar-refractivity contribution in [1.82, 2.24) is 14.7 Å². The fourth-order valence-corrected chi connectivity index (χ4v) is 11.3. The van der Waals surface area contributed by atoms with Crippen LogP contribution < -0.4 is 20.8 Å². The second-order valence-corrected chi connectivity index (χ2v) is 21.6. The Balaban J connectivity index is 1.19. The number of nitrogens with one attached hydrogen (secondary N) is 1. The molecule has 2 saturated heterocycles. The van der Waals surface area contributed by atoms with E-state index >= 15 is 0 Å². The van der Waals surface area contributed by atoms with E-state index in [-0.39, 0.29) is 67.5 Å². The zero-order chi connectivity index (χ0) is 51.5. The Morgan fingerprint density at radius 2 is 1.55 bits per heavy atom. The molecule has 388 valence electrons. The number of aromatic hydroxyl groups is 2. The molecule has 9 rings (SSSR count). The minimum atomic E-state index is -1.99. The van der Waals surface area contributed by atoms with Crippen LogP contribution in [0.5, 0.6) is 17.2 Å². The summed E-state index contributed by atoms with van der Waals surface area (Å²) in [4.78, 5) is 59.6. The third-order valence-corrected chi connectivity index (χ3v) is 16.2. The van der Waals surface area contributed by atoms with E-state index in [4.69, 9.17) is 28.9 Å². The molecule has 18 nitrogen and oxygen atoms in total. The molecule has 0 radical (unpaired) electrons. The van der Waals surface area contributed by atoms with Gasteiger partial charge in [0.25, 0.3) is 11.7 Å². The van der Waals surface area contributed by atoms with E-state index in [1.54, 1.807) is 63.8 Å². The summed E-state index contributed by atoms with van der Waals surface area (Å²) in [5, 5.41) is 61.1. The van der Waals surface area contributed by atoms with Gasteiger partial charge in [0.1, 0.15) is 28.6 Å². The van der Waals surface area contributed by atoms with E-state index in [0.717, 1.165) is 19.4 Å². The smallest absolute Gasteiger partial charge is 0.410 e. The lowest BCUT2D eigenvalue weighted by Crippen LogP contribution is -2.55. The highest BCUT2D eigenvalue weighted by Gasteiger charge is 2.51. The van der Waals surface area contributed by atoms with Gasteiger partial charge in [0.15, 0.2) is 11.4 Å². The monoisotopic (exact) mass is 987 g/mol. The van der Waals surface area contributed by atoms with E-state index in [1.165, 1.54) is 20.3 Å². The maximum atomic E-state index is 14.9. The molecule has 1 aliphatic carbocycles. The predicted molar refractivity (Wildman–Crippen MR) is 265 cm³/mol. The summed E-state index contributed by atoms with van der Waals surface area (Å²) in [5.41, 5.74) is -0.836. The quantitative estimate of drug-likeness (QED) is 0.220. The SMILES string of the molecule is CO[C@H]1/C=C/O[C@@]2(C)Oc3c(C)c(O)c4c(O)c(c5c(c4c3C2=O)=NC2(CCN(CC(C)C)CC2)N=5)NC(=O)/C(C)=C\C=C\[C@H](C)[C@H](O)[C@@H](C)[C@@H](O)[C@@H](C)[C@H](OC(=O)N2CCN(C3(CO)CC3)CC2)[C@@H]1C. The number of fused-ring (bicyclic) bond motifs is 13. The number of carbonyl (C=O) groups excluding carboxylic acids is 3. The number of likely N-dealkylation sites (tertiary alicyclic amines) is 1. The fraction of sp³-hybridized carbons (Fsp3) is 0.642. The lowest BCUT2D eigenvalue weighted by Gasteiger charge is -2.41. The van der Waals surface area contributed by atoms with Crippen LogP contribution in [0.15, 0.2) is 46.1 Å². The van der Waals surface area contributed by atoms with Crippen molar-refractivity contribution in [3.63, 3.8) is 0 Å². The van der Waals surface area contributed by atoms with Gasteiger partial charge in [-0.2, -0.15) is 0 Å². The van der Waals surface area contributed by atoms with Gasteiger partial charge in [0.2, 0.25) is 0 Å². The number of hydrogen-bond acceptors (Lipinski definition) is 16. The Labute approximate surface area is 415 Å². The van der Waals surface area contributed by atoms with Crippen LogP contribution in [0.4, 0.5) is 10.5 Å². The summed E-state index contributed by atoms with van der Waals surface area (Å²) >= 11 is 0. The highest BCUT2D eigenvalue weighted by Crippen LogP contribution is 2.50. The largest absolute Gasteiger partial charge is 0.507 e. The second-order valence-electron chi connectivity index (χ2n) is 21.6. The van der Waals surface area contributed by atoms with Gasteiger partial charge < -0.3 is 59.6 Å². The Morgan fingerprint density at radius 1 is 0.887 bits per heavy atom. The number of Topliss-reactive ketones (excluding diaryl/α,β-unsaturated/α-hetero) is 1. The normalized spacial score (nSPS) is 32.9. The van der Waals surface area contributed by atoms with E-state index in [9.17, 15) is 39.9 Å². The zero-order valence-electron chi connectivity index (χ0n) is 42.9. The standard InChI is InChI=1S/C53H74N6O12/c1-28(2)26-57-19-17-53(18-20-57)55-39-36-37-44(63)34(8)47-38(36)48(65)51(9,71-47)69-25-14-35(68-10)31(5)46(70-50(67)58-21-23-59(24-22-58)52(27-60)15-16-52)33(7)43(62)32(6)42(61)29(3)12-11-13-30(4)49(66)54-41(45(37)64)40(39)56-53/h11-14,25,28-29,31-33,35,42-43,46,60-64H,15-24,26-27H2,1-10H3,(H,54,66)/b12-11+,25-14+,30-13-/t29-,31+,32+,33+,35-,42-,43+,46+,51-/m0/s1. The number of phenolic OH excluding ortho intramolecular Hbond substituents is 2. The highest BCUT2D eigenvalue weighted by atomic mass is 16.7. The average molecular weight is 987 g/mol. The van der Waals surface area contributed by atoms with Gasteiger partial charge in [-0.3, -0.25) is 24.5 Å². The van der Waals surface area contributed by atoms with E-state index in [2.05, 4.69) is 29.0 Å². The minimum absolute atomic E-state index is 0.0286. The summed E-state index contributed by atoms with van der Waals surface area (Å²) in [6, 6.07) is 0. The van der Waals surface area contributed by atoms with Gasteiger partial charge in [0, 0.05) is 118 Å². The molecule has 9 atom stereocenters. The number of anilines is 1. The lowest BCUT2D eigenvalue weighted by atomic mass is 9.78. The van der Waals surface area contributed by atoms with Crippen LogP contribution in [-0.4, -0.2) is 159 Å². The number of rotatable bonds is 6. The van der Waals surface area contributed by atoms with Crippen molar-refractivity contribution in [2.24, 2.45) is 39.6 Å². The van der Waals surface area contributed by atoms with E-state index in [1.807, 2.05) is 6.92 Å². The molecule has 7 aliphatic rings. The average Bonchev–Trinajstić information content (AvgIpc) is 4.00. The van der Waals surface area contributed by atoms with Crippen LogP contribution in [0.3, 0.4) is 0 Å². The third kappa shape index (κ3) is 9.67. The number of hydrogen-bond donors (Lipinski definition) is 6.